The van der Waals surface area contributed by atoms with Crippen LogP contribution in [0.3, 0.4) is 0 Å². The number of cyclic esters (lactones) is 1. The molecule has 5 rings (SSSR count). The predicted molar refractivity (Wildman–Crippen MR) is 288 cm³/mol. The Balaban J connectivity index is 1.48. The molecule has 0 spiro atoms. The standard InChI is InChI=1S/C58H92NO16P/c1-36-18-14-13-15-19-37(2)49(72-27-26-71-45-34-70-35-45)32-44-23-21-42(7)58(65,74-44)55(62)56(63)59-25-17-16-20-46(59)57(64)73-50(39(4)30-43-22-24-48(51(31-43)67-8)75-76(11,12)66)33-47(60)38(3)29-41(6)53(68-9)54(69-10)52(61)40(5)28-36/h13-15,18-19,29,36,38-40,42-46,48-51,53-54,65H,16-17,20-28,30-35H2,1-12H3/b15-13+,18-14+,37-19+,41-29+/t36-,38-,39-,40-,42-,43+,44+,46+,48-,49?,50+,51-,53-,54+,58-/m1/s1. The molecule has 1 N–H and O–H groups in total. The van der Waals surface area contributed by atoms with Crippen LogP contribution in [0.5, 0.6) is 0 Å². The first-order chi connectivity index (χ1) is 36.0. The average Bonchev–Trinajstić information content (AvgIpc) is 3.36. The molecule has 18 heteroatoms. The zero-order valence-electron chi connectivity index (χ0n) is 47.6. The molecule has 0 aromatic carbocycles. The minimum Gasteiger partial charge on any atom is -0.460 e. The van der Waals surface area contributed by atoms with E-state index in [1.54, 1.807) is 47.3 Å². The largest absolute Gasteiger partial charge is 0.460 e. The maximum absolute atomic E-state index is 14.7. The van der Waals surface area contributed by atoms with E-state index in [4.69, 9.17) is 42.4 Å². The van der Waals surface area contributed by atoms with Crippen molar-refractivity contribution in [2.24, 2.45) is 35.5 Å². The van der Waals surface area contributed by atoms with Crippen LogP contribution < -0.4 is 0 Å². The highest BCUT2D eigenvalue weighted by atomic mass is 31.2. The van der Waals surface area contributed by atoms with Gasteiger partial charge in [-0.3, -0.25) is 23.7 Å². The molecule has 15 atom stereocenters. The molecular formula is C58H92NO16P. The van der Waals surface area contributed by atoms with Crippen LogP contribution in [0, 0.1) is 35.5 Å². The SMILES string of the molecule is CO[C@@H]1/C(C)=C/[C@@H](C)C(=O)C[C@@H]([C@H](C)C[C@@H]2CC[C@@H](OP(C)(C)=O)[C@H](OC)C2)OC(=O)[C@@H]2CCCCN2C(=O)C(=O)[C@]2(O)O[C@@H](CC[C@H]2C)CC(OCCOC2COC2)/C(C)=C/C=C/C=C/[C@@H](C)C[C@@H](C)C(=O)[C@@H]1OC. The summed E-state index contributed by atoms with van der Waals surface area (Å²) >= 11 is 0. The van der Waals surface area contributed by atoms with Crippen LogP contribution in [0.15, 0.2) is 47.6 Å². The molecule has 3 saturated heterocycles. The lowest BCUT2D eigenvalue weighted by Crippen LogP contribution is -2.61. The summed E-state index contributed by atoms with van der Waals surface area (Å²) in [6, 6.07) is -1.16. The Bertz CT molecular complexity index is 2110. The van der Waals surface area contributed by atoms with Crippen LogP contribution >= 0.6 is 7.37 Å². The number of carbonyl (C=O) groups excluding carboxylic acids is 5. The van der Waals surface area contributed by atoms with E-state index in [1.807, 2.05) is 58.1 Å². The van der Waals surface area contributed by atoms with Crippen LogP contribution in [0.25, 0.3) is 0 Å². The number of ether oxygens (including phenoxy) is 8. The van der Waals surface area contributed by atoms with E-state index in [9.17, 15) is 33.6 Å². The third kappa shape index (κ3) is 17.9. The molecule has 1 amide bonds. The number of rotatable bonds is 13. The van der Waals surface area contributed by atoms with Gasteiger partial charge in [-0.25, -0.2) is 4.79 Å². The molecule has 76 heavy (non-hydrogen) atoms. The summed E-state index contributed by atoms with van der Waals surface area (Å²) in [5, 5.41) is 12.2. The number of amides is 1. The summed E-state index contributed by atoms with van der Waals surface area (Å²) in [6.45, 7) is 18.0. The molecule has 4 fully saturated rings. The summed E-state index contributed by atoms with van der Waals surface area (Å²) in [4.78, 5) is 73.4. The van der Waals surface area contributed by atoms with Crippen LogP contribution in [0.4, 0.5) is 0 Å². The molecule has 1 aliphatic carbocycles. The van der Waals surface area contributed by atoms with Gasteiger partial charge in [0.05, 0.1) is 50.8 Å². The third-order valence-corrected chi connectivity index (χ3v) is 16.9. The van der Waals surface area contributed by atoms with E-state index in [-0.39, 0.29) is 86.0 Å². The highest BCUT2D eigenvalue weighted by Crippen LogP contribution is 2.45. The van der Waals surface area contributed by atoms with Crippen molar-refractivity contribution < 1.29 is 76.1 Å². The first-order valence-corrected chi connectivity index (χ1v) is 30.4. The maximum atomic E-state index is 14.7. The van der Waals surface area contributed by atoms with E-state index in [0.29, 0.717) is 76.8 Å². The number of esters is 1. The fourth-order valence-electron chi connectivity index (χ4n) is 11.5. The monoisotopic (exact) mass is 1090 g/mol. The van der Waals surface area contributed by atoms with E-state index in [1.165, 1.54) is 19.1 Å². The quantitative estimate of drug-likeness (QED) is 0.0606. The van der Waals surface area contributed by atoms with Crippen molar-refractivity contribution in [3.05, 3.63) is 47.6 Å². The summed E-state index contributed by atoms with van der Waals surface area (Å²) in [7, 11) is 1.80. The first-order valence-electron chi connectivity index (χ1n) is 27.8. The van der Waals surface area contributed by atoms with Gasteiger partial charge < -0.3 is 52.4 Å². The highest BCUT2D eigenvalue weighted by molar-refractivity contribution is 7.57. The molecule has 17 nitrogen and oxygen atoms in total. The lowest BCUT2D eigenvalue weighted by Gasteiger charge is -2.43. The number of ketones is 3. The third-order valence-electron chi connectivity index (χ3n) is 16.1. The molecule has 5 aliphatic rings. The lowest BCUT2D eigenvalue weighted by molar-refractivity contribution is -0.266. The van der Waals surface area contributed by atoms with Gasteiger partial charge in [-0.05, 0) is 107 Å². The Morgan fingerprint density at radius 3 is 2.18 bits per heavy atom. The summed E-state index contributed by atoms with van der Waals surface area (Å²) in [5.41, 5.74) is 1.50. The van der Waals surface area contributed by atoms with Gasteiger partial charge in [0, 0.05) is 71.8 Å². The van der Waals surface area contributed by atoms with E-state index in [2.05, 4.69) is 0 Å². The molecular weight excluding hydrogens is 998 g/mol. The summed E-state index contributed by atoms with van der Waals surface area (Å²) < 4.78 is 66.4. The minimum absolute atomic E-state index is 0.0188. The van der Waals surface area contributed by atoms with Gasteiger partial charge in [0.1, 0.15) is 36.2 Å². The molecule has 4 aliphatic heterocycles. The summed E-state index contributed by atoms with van der Waals surface area (Å²) in [6.07, 6.45) is 12.4. The second kappa shape index (κ2) is 29.8. The van der Waals surface area contributed by atoms with Crippen molar-refractivity contribution in [3.8, 4) is 0 Å². The predicted octanol–water partition coefficient (Wildman–Crippen LogP) is 8.18. The topological polar surface area (TPSA) is 209 Å². The number of piperidine rings is 1. The number of hydrogen-bond acceptors (Lipinski definition) is 16. The normalized spacial score (nSPS) is 37.7. The summed E-state index contributed by atoms with van der Waals surface area (Å²) in [5.74, 6) is -7.79. The van der Waals surface area contributed by atoms with Crippen molar-refractivity contribution in [1.82, 2.24) is 4.90 Å². The van der Waals surface area contributed by atoms with E-state index in [0.717, 1.165) is 12.0 Å². The fourth-order valence-corrected chi connectivity index (χ4v) is 12.4. The lowest BCUT2D eigenvalue weighted by atomic mass is 9.78. The van der Waals surface area contributed by atoms with Gasteiger partial charge in [0.2, 0.25) is 5.79 Å². The van der Waals surface area contributed by atoms with Crippen molar-refractivity contribution in [2.75, 3.05) is 67.6 Å². The van der Waals surface area contributed by atoms with Gasteiger partial charge in [0.25, 0.3) is 11.7 Å². The van der Waals surface area contributed by atoms with Crippen molar-refractivity contribution in [1.29, 1.82) is 0 Å². The highest BCUT2D eigenvalue weighted by Gasteiger charge is 2.53. The first kappa shape index (κ1) is 63.6. The second-order valence-electron chi connectivity index (χ2n) is 22.8. The van der Waals surface area contributed by atoms with Gasteiger partial charge >= 0.3 is 5.97 Å². The number of hydrogen-bond donors (Lipinski definition) is 1. The molecule has 1 unspecified atom stereocenters. The van der Waals surface area contributed by atoms with Crippen molar-refractivity contribution in [3.63, 3.8) is 0 Å². The number of aliphatic hydroxyl groups is 1. The van der Waals surface area contributed by atoms with Crippen LogP contribution in [-0.2, 0) is 71.0 Å². The zero-order chi connectivity index (χ0) is 55.9. The minimum atomic E-state index is -2.80. The number of carbonyl (C=O) groups is 5. The van der Waals surface area contributed by atoms with Gasteiger partial charge in [0.15, 0.2) is 13.2 Å². The maximum Gasteiger partial charge on any atom is 0.329 e. The average molecular weight is 1090 g/mol. The van der Waals surface area contributed by atoms with Gasteiger partial charge in [-0.1, -0.05) is 71.1 Å². The molecule has 4 heterocycles. The number of nitrogens with zero attached hydrogens (tertiary/aromatic N) is 1. The zero-order valence-corrected chi connectivity index (χ0v) is 48.5. The molecule has 2 bridgehead atoms. The smallest absolute Gasteiger partial charge is 0.329 e. The Hall–Kier alpha value is -3.22. The number of allylic oxidation sites excluding steroid dienone is 6. The molecule has 0 aromatic rings. The van der Waals surface area contributed by atoms with Crippen LogP contribution in [0.1, 0.15) is 126 Å². The Morgan fingerprint density at radius 1 is 0.816 bits per heavy atom. The van der Waals surface area contributed by atoms with E-state index >= 15 is 0 Å². The van der Waals surface area contributed by atoms with Crippen molar-refractivity contribution in [2.45, 2.75) is 186 Å². The van der Waals surface area contributed by atoms with Crippen LogP contribution in [0.2, 0.25) is 0 Å². The molecule has 0 radical (unpaired) electrons. The van der Waals surface area contributed by atoms with Crippen molar-refractivity contribution >= 4 is 36.6 Å². The fraction of sp³-hybridized carbons (Fsp3) is 0.776. The van der Waals surface area contributed by atoms with E-state index < -0.39 is 79.2 Å². The van der Waals surface area contributed by atoms with Crippen LogP contribution in [-0.4, -0.2) is 168 Å². The molecule has 430 valence electrons. The Morgan fingerprint density at radius 2 is 1.53 bits per heavy atom. The number of Topliss-reactive ketones (excluding diaryl/α,β-unsaturated/α-hetero) is 3. The van der Waals surface area contributed by atoms with Gasteiger partial charge in [-0.2, -0.15) is 0 Å². The number of methoxy groups -OCH3 is 3. The van der Waals surface area contributed by atoms with Gasteiger partial charge in [-0.15, -0.1) is 0 Å². The molecule has 1 saturated carbocycles. The molecule has 0 aromatic heterocycles. The Labute approximate surface area is 453 Å². The Kier molecular flexibility index (Phi) is 25.0. The second-order valence-corrected chi connectivity index (χ2v) is 25.5. The number of fused-ring (bicyclic) bond motifs is 3.